The molecule has 1 N–H and O–H groups in total. The molecule has 2 aromatic carbocycles. The van der Waals surface area contributed by atoms with Crippen molar-refractivity contribution >= 4 is 17.4 Å². The Labute approximate surface area is 155 Å². The van der Waals surface area contributed by atoms with E-state index < -0.39 is 17.5 Å². The highest BCUT2D eigenvalue weighted by molar-refractivity contribution is 5.89. The first-order valence-electron chi connectivity index (χ1n) is 8.67. The third-order valence-corrected chi connectivity index (χ3v) is 4.34. The second kappa shape index (κ2) is 8.20. The van der Waals surface area contributed by atoms with E-state index in [0.29, 0.717) is 38.5 Å². The number of benzene rings is 2. The lowest BCUT2D eigenvalue weighted by Gasteiger charge is -2.36. The maximum atomic E-state index is 13.9. The molecule has 1 heterocycles. The Morgan fingerprint density at radius 1 is 1.00 bits per heavy atom. The van der Waals surface area contributed by atoms with Crippen molar-refractivity contribution in [3.8, 4) is 5.75 Å². The maximum absolute atomic E-state index is 13.9. The molecule has 1 saturated heterocycles. The third kappa shape index (κ3) is 4.27. The predicted molar refractivity (Wildman–Crippen MR) is 96.7 cm³/mol. The minimum atomic E-state index is -1.48. The van der Waals surface area contributed by atoms with E-state index in [1.165, 1.54) is 6.07 Å². The maximum Gasteiger partial charge on any atom is 0.321 e. The average Bonchev–Trinajstić information content (AvgIpc) is 2.68. The Kier molecular flexibility index (Phi) is 5.73. The van der Waals surface area contributed by atoms with Gasteiger partial charge in [-0.05, 0) is 43.3 Å². The van der Waals surface area contributed by atoms with Crippen LogP contribution < -0.4 is 15.0 Å². The fourth-order valence-electron chi connectivity index (χ4n) is 2.91. The van der Waals surface area contributed by atoms with Crippen molar-refractivity contribution in [3.63, 3.8) is 0 Å². The van der Waals surface area contributed by atoms with Gasteiger partial charge in [0.15, 0.2) is 17.5 Å². The Balaban J connectivity index is 1.57. The zero-order chi connectivity index (χ0) is 19.4. The van der Waals surface area contributed by atoms with Crippen molar-refractivity contribution in [1.82, 2.24) is 4.90 Å². The van der Waals surface area contributed by atoms with Gasteiger partial charge in [0.25, 0.3) is 0 Å². The van der Waals surface area contributed by atoms with E-state index in [1.54, 1.807) is 34.1 Å². The van der Waals surface area contributed by atoms with E-state index in [0.717, 1.165) is 11.8 Å². The number of amides is 2. The van der Waals surface area contributed by atoms with E-state index in [2.05, 4.69) is 5.32 Å². The van der Waals surface area contributed by atoms with Gasteiger partial charge in [-0.15, -0.1) is 0 Å². The molecule has 0 aromatic heterocycles. The highest BCUT2D eigenvalue weighted by atomic mass is 19.2. The molecule has 1 fully saturated rings. The molecule has 3 rings (SSSR count). The number of piperazine rings is 1. The molecule has 0 spiro atoms. The third-order valence-electron chi connectivity index (χ3n) is 4.34. The number of halogens is 3. The molecule has 0 atom stereocenters. The zero-order valence-electron chi connectivity index (χ0n) is 14.8. The highest BCUT2D eigenvalue weighted by Gasteiger charge is 2.25. The largest absolute Gasteiger partial charge is 0.494 e. The lowest BCUT2D eigenvalue weighted by atomic mass is 10.2. The van der Waals surface area contributed by atoms with Gasteiger partial charge in [0.1, 0.15) is 5.75 Å². The number of hydrogen-bond acceptors (Lipinski definition) is 3. The number of rotatable bonds is 4. The predicted octanol–water partition coefficient (Wildman–Crippen LogP) is 3.86. The highest BCUT2D eigenvalue weighted by Crippen LogP contribution is 2.25. The van der Waals surface area contributed by atoms with Crippen LogP contribution in [0.25, 0.3) is 0 Å². The van der Waals surface area contributed by atoms with Crippen LogP contribution in [0.5, 0.6) is 5.75 Å². The standard InChI is InChI=1S/C19H20F3N3O2/c1-2-27-14-5-3-13(4-6-14)23-19(26)25-11-9-24(10-12-25)16-8-7-15(20)17(21)18(16)22/h3-8H,2,9-12H2,1H3,(H,23,26). The Bertz CT molecular complexity index is 807. The number of nitrogens with zero attached hydrogens (tertiary/aromatic N) is 2. The summed E-state index contributed by atoms with van der Waals surface area (Å²) >= 11 is 0. The Morgan fingerprint density at radius 3 is 2.30 bits per heavy atom. The van der Waals surface area contributed by atoms with E-state index >= 15 is 0 Å². The van der Waals surface area contributed by atoms with Crippen LogP contribution in [0, 0.1) is 17.5 Å². The van der Waals surface area contributed by atoms with Gasteiger partial charge in [0.05, 0.1) is 12.3 Å². The van der Waals surface area contributed by atoms with Gasteiger partial charge in [-0.2, -0.15) is 0 Å². The monoisotopic (exact) mass is 379 g/mol. The molecule has 1 aliphatic heterocycles. The van der Waals surface area contributed by atoms with Gasteiger partial charge >= 0.3 is 6.03 Å². The van der Waals surface area contributed by atoms with Crippen molar-refractivity contribution in [1.29, 1.82) is 0 Å². The van der Waals surface area contributed by atoms with E-state index in [4.69, 9.17) is 4.74 Å². The van der Waals surface area contributed by atoms with Gasteiger partial charge in [0.2, 0.25) is 0 Å². The summed E-state index contributed by atoms with van der Waals surface area (Å²) in [5.74, 6) is -3.19. The molecule has 8 heteroatoms. The normalized spacial score (nSPS) is 14.2. The molecule has 0 aliphatic carbocycles. The number of carbonyl (C=O) groups excluding carboxylic acids is 1. The molecule has 0 unspecified atom stereocenters. The topological polar surface area (TPSA) is 44.8 Å². The molecule has 1 aliphatic rings. The lowest BCUT2D eigenvalue weighted by Crippen LogP contribution is -2.50. The van der Waals surface area contributed by atoms with Crippen LogP contribution in [0.1, 0.15) is 6.92 Å². The molecule has 27 heavy (non-hydrogen) atoms. The fourth-order valence-corrected chi connectivity index (χ4v) is 2.91. The first-order valence-corrected chi connectivity index (χ1v) is 8.67. The average molecular weight is 379 g/mol. The quantitative estimate of drug-likeness (QED) is 0.821. The van der Waals surface area contributed by atoms with Crippen LogP contribution in [0.3, 0.4) is 0 Å². The van der Waals surface area contributed by atoms with Crippen LogP contribution in [-0.4, -0.2) is 43.7 Å². The van der Waals surface area contributed by atoms with Crippen LogP contribution in [-0.2, 0) is 0 Å². The first-order chi connectivity index (χ1) is 13.0. The van der Waals surface area contributed by atoms with E-state index in [-0.39, 0.29) is 11.7 Å². The molecule has 5 nitrogen and oxygen atoms in total. The Morgan fingerprint density at radius 2 is 1.67 bits per heavy atom. The van der Waals surface area contributed by atoms with E-state index in [1.807, 2.05) is 6.92 Å². The second-order valence-electron chi connectivity index (χ2n) is 6.06. The number of urea groups is 1. The molecular formula is C19H20F3N3O2. The number of ether oxygens (including phenoxy) is 1. The van der Waals surface area contributed by atoms with Crippen LogP contribution in [0.4, 0.5) is 29.3 Å². The van der Waals surface area contributed by atoms with Crippen molar-refractivity contribution in [2.24, 2.45) is 0 Å². The van der Waals surface area contributed by atoms with Crippen LogP contribution in [0.15, 0.2) is 36.4 Å². The smallest absolute Gasteiger partial charge is 0.321 e. The summed E-state index contributed by atoms with van der Waals surface area (Å²) in [5, 5.41) is 2.79. The second-order valence-corrected chi connectivity index (χ2v) is 6.06. The SMILES string of the molecule is CCOc1ccc(NC(=O)N2CCN(c3ccc(F)c(F)c3F)CC2)cc1. The molecule has 0 radical (unpaired) electrons. The zero-order valence-corrected chi connectivity index (χ0v) is 14.8. The number of hydrogen-bond donors (Lipinski definition) is 1. The molecule has 0 bridgehead atoms. The number of carbonyl (C=O) groups is 1. The minimum absolute atomic E-state index is 0.000436. The number of anilines is 2. The van der Waals surface area contributed by atoms with Crippen molar-refractivity contribution in [2.45, 2.75) is 6.92 Å². The molecular weight excluding hydrogens is 359 g/mol. The van der Waals surface area contributed by atoms with Gasteiger partial charge in [-0.1, -0.05) is 0 Å². The van der Waals surface area contributed by atoms with Crippen molar-refractivity contribution < 1.29 is 22.7 Å². The molecule has 2 amide bonds. The summed E-state index contributed by atoms with van der Waals surface area (Å²) in [5.41, 5.74) is 0.637. The summed E-state index contributed by atoms with van der Waals surface area (Å²) in [7, 11) is 0. The summed E-state index contributed by atoms with van der Waals surface area (Å²) in [6.45, 7) is 3.76. The lowest BCUT2D eigenvalue weighted by molar-refractivity contribution is 0.208. The van der Waals surface area contributed by atoms with Crippen LogP contribution >= 0.6 is 0 Å². The van der Waals surface area contributed by atoms with Crippen LogP contribution in [0.2, 0.25) is 0 Å². The fraction of sp³-hybridized carbons (Fsp3) is 0.316. The summed E-state index contributed by atoms with van der Waals surface area (Å²) in [6, 6.07) is 8.86. The summed E-state index contributed by atoms with van der Waals surface area (Å²) in [6.07, 6.45) is 0. The van der Waals surface area contributed by atoms with Gasteiger partial charge in [-0.3, -0.25) is 0 Å². The van der Waals surface area contributed by atoms with Gasteiger partial charge in [-0.25, -0.2) is 18.0 Å². The minimum Gasteiger partial charge on any atom is -0.494 e. The number of nitrogens with one attached hydrogen (secondary N) is 1. The molecule has 2 aromatic rings. The Hall–Kier alpha value is -2.90. The van der Waals surface area contributed by atoms with Crippen molar-refractivity contribution in [3.05, 3.63) is 53.8 Å². The molecule has 0 saturated carbocycles. The summed E-state index contributed by atoms with van der Waals surface area (Å²) < 4.78 is 45.7. The van der Waals surface area contributed by atoms with E-state index in [9.17, 15) is 18.0 Å². The first kappa shape index (κ1) is 18.9. The molecule has 144 valence electrons. The van der Waals surface area contributed by atoms with Crippen molar-refractivity contribution in [2.75, 3.05) is 43.0 Å². The van der Waals surface area contributed by atoms with Gasteiger partial charge < -0.3 is 19.9 Å². The van der Waals surface area contributed by atoms with Gasteiger partial charge in [0, 0.05) is 31.9 Å². The summed E-state index contributed by atoms with van der Waals surface area (Å²) in [4.78, 5) is 15.6.